The number of unbranched alkanes of at least 4 members (excludes halogenated alkanes) is 3. The van der Waals surface area contributed by atoms with Crippen molar-refractivity contribution in [1.29, 1.82) is 0 Å². The molecule has 0 N–H and O–H groups in total. The Bertz CT molecular complexity index is 515. The summed E-state index contributed by atoms with van der Waals surface area (Å²) in [5.41, 5.74) is 0. The molecule has 5 atom stereocenters. The van der Waals surface area contributed by atoms with E-state index in [1.165, 1.54) is 14.0 Å². The van der Waals surface area contributed by atoms with Crippen molar-refractivity contribution >= 4 is 18.2 Å². The minimum atomic E-state index is -0.294. The summed E-state index contributed by atoms with van der Waals surface area (Å²) in [6.07, 6.45) is 9.44. The first-order valence-electron chi connectivity index (χ1n) is 11.0. The van der Waals surface area contributed by atoms with Crippen molar-refractivity contribution in [2.24, 2.45) is 11.8 Å². The Balaban J connectivity index is 1.89. The Morgan fingerprint density at radius 3 is 2.52 bits per heavy atom. The van der Waals surface area contributed by atoms with Crippen LogP contribution in [0.5, 0.6) is 0 Å². The third-order valence-electron chi connectivity index (χ3n) is 6.02. The lowest BCUT2D eigenvalue weighted by Crippen LogP contribution is -2.31. The summed E-state index contributed by atoms with van der Waals surface area (Å²) in [5.74, 6) is -0.320. The molecule has 0 radical (unpaired) electrons. The quantitative estimate of drug-likeness (QED) is 0.275. The first kappa shape index (κ1) is 23.8. The fourth-order valence-electron chi connectivity index (χ4n) is 4.59. The monoisotopic (exact) mass is 412 g/mol. The highest BCUT2D eigenvalue weighted by atomic mass is 16.7. The molecule has 1 saturated heterocycles. The van der Waals surface area contributed by atoms with Gasteiger partial charge in [-0.05, 0) is 38.0 Å². The minimum absolute atomic E-state index is 0.0393. The van der Waals surface area contributed by atoms with E-state index in [2.05, 4.69) is 4.74 Å². The molecule has 166 valence electrons. The molecule has 1 aliphatic carbocycles. The van der Waals surface area contributed by atoms with Gasteiger partial charge in [0, 0.05) is 38.7 Å². The van der Waals surface area contributed by atoms with Gasteiger partial charge in [-0.25, -0.2) is 0 Å². The van der Waals surface area contributed by atoms with Crippen molar-refractivity contribution in [2.45, 2.75) is 96.1 Å². The second-order valence-corrected chi connectivity index (χ2v) is 8.11. The first-order chi connectivity index (χ1) is 14.0. The number of esters is 2. The molecule has 2 rings (SSSR count). The van der Waals surface area contributed by atoms with Crippen molar-refractivity contribution < 1.29 is 33.3 Å². The molecule has 2 fully saturated rings. The van der Waals surface area contributed by atoms with Gasteiger partial charge in [-0.2, -0.15) is 0 Å². The molecule has 1 saturated carbocycles. The van der Waals surface area contributed by atoms with Gasteiger partial charge in [0.15, 0.2) is 6.29 Å². The molecular weight excluding hydrogens is 376 g/mol. The van der Waals surface area contributed by atoms with Gasteiger partial charge in [0.25, 0.3) is 0 Å². The maximum absolute atomic E-state index is 11.6. The van der Waals surface area contributed by atoms with Crippen LogP contribution in [0, 0.1) is 11.8 Å². The lowest BCUT2D eigenvalue weighted by Gasteiger charge is -2.29. The van der Waals surface area contributed by atoms with Crippen molar-refractivity contribution in [1.82, 2.24) is 0 Å². The number of carbonyl (C=O) groups is 3. The number of ether oxygens (including phenoxy) is 4. The van der Waals surface area contributed by atoms with Crippen molar-refractivity contribution in [3.63, 3.8) is 0 Å². The van der Waals surface area contributed by atoms with Crippen molar-refractivity contribution in [3.8, 4) is 0 Å². The molecule has 0 spiro atoms. The highest BCUT2D eigenvalue weighted by molar-refractivity contribution is 5.69. The van der Waals surface area contributed by atoms with Crippen LogP contribution in [0.1, 0.15) is 77.6 Å². The number of rotatable bonds is 12. The Labute approximate surface area is 173 Å². The van der Waals surface area contributed by atoms with Gasteiger partial charge in [-0.3, -0.25) is 9.59 Å². The van der Waals surface area contributed by atoms with Crippen LogP contribution in [0.2, 0.25) is 0 Å². The highest BCUT2D eigenvalue weighted by Crippen LogP contribution is 2.42. The van der Waals surface area contributed by atoms with Gasteiger partial charge >= 0.3 is 11.9 Å². The van der Waals surface area contributed by atoms with Crippen LogP contribution in [0.25, 0.3) is 0 Å². The molecule has 0 bridgehead atoms. The van der Waals surface area contributed by atoms with Gasteiger partial charge < -0.3 is 23.7 Å². The number of hydrogen-bond acceptors (Lipinski definition) is 7. The van der Waals surface area contributed by atoms with Gasteiger partial charge in [0.1, 0.15) is 12.4 Å². The third-order valence-corrected chi connectivity index (χ3v) is 6.02. The molecule has 1 heterocycles. The van der Waals surface area contributed by atoms with Gasteiger partial charge in [0.2, 0.25) is 0 Å². The Hall–Kier alpha value is -1.47. The number of aldehydes is 1. The average molecular weight is 413 g/mol. The average Bonchev–Trinajstić information content (AvgIpc) is 3.00. The number of carbonyl (C=O) groups excluding carboxylic acids is 3. The van der Waals surface area contributed by atoms with Crippen LogP contribution in [0.3, 0.4) is 0 Å². The fraction of sp³-hybridized carbons (Fsp3) is 0.864. The molecule has 7 heteroatoms. The summed E-state index contributed by atoms with van der Waals surface area (Å²) in [6, 6.07) is 0. The molecule has 1 unspecified atom stereocenters. The van der Waals surface area contributed by atoms with E-state index < -0.39 is 0 Å². The summed E-state index contributed by atoms with van der Waals surface area (Å²) < 4.78 is 22.2. The molecule has 7 nitrogen and oxygen atoms in total. The zero-order valence-electron chi connectivity index (χ0n) is 17.8. The second kappa shape index (κ2) is 13.0. The molecular formula is C22H36O7. The van der Waals surface area contributed by atoms with Crippen molar-refractivity contribution in [2.75, 3.05) is 13.7 Å². The Kier molecular flexibility index (Phi) is 10.6. The topological polar surface area (TPSA) is 88.1 Å². The maximum atomic E-state index is 11.6. The molecule has 1 aliphatic heterocycles. The van der Waals surface area contributed by atoms with Crippen LogP contribution >= 0.6 is 0 Å². The van der Waals surface area contributed by atoms with Crippen LogP contribution < -0.4 is 0 Å². The summed E-state index contributed by atoms with van der Waals surface area (Å²) >= 11 is 0. The zero-order chi connectivity index (χ0) is 21.1. The molecule has 2 aliphatic rings. The van der Waals surface area contributed by atoms with Gasteiger partial charge in [0.05, 0.1) is 13.2 Å². The first-order valence-corrected chi connectivity index (χ1v) is 11.0. The molecule has 0 aromatic heterocycles. The van der Waals surface area contributed by atoms with E-state index in [9.17, 15) is 14.4 Å². The molecule has 0 aromatic rings. The van der Waals surface area contributed by atoms with Crippen LogP contribution in [0.15, 0.2) is 0 Å². The maximum Gasteiger partial charge on any atom is 0.305 e. The summed E-state index contributed by atoms with van der Waals surface area (Å²) in [6.45, 7) is 2.13. The summed E-state index contributed by atoms with van der Waals surface area (Å²) in [5, 5.41) is 0. The molecule has 29 heavy (non-hydrogen) atoms. The van der Waals surface area contributed by atoms with Crippen LogP contribution in [-0.2, 0) is 33.3 Å². The summed E-state index contributed by atoms with van der Waals surface area (Å²) in [7, 11) is 1.40. The zero-order valence-corrected chi connectivity index (χ0v) is 17.8. The largest absolute Gasteiger partial charge is 0.469 e. The van der Waals surface area contributed by atoms with Crippen LogP contribution in [0.4, 0.5) is 0 Å². The highest BCUT2D eigenvalue weighted by Gasteiger charge is 2.45. The molecule has 0 aromatic carbocycles. The number of methoxy groups -OCH3 is 1. The normalized spacial score (nSPS) is 29.4. The SMILES string of the molecule is COC(=O)CCCCCC[C@@H]1[C@@H](CC=O)[C@H](OC2CCCCO2)C[C@@H]1OC(C)=O. The lowest BCUT2D eigenvalue weighted by molar-refractivity contribution is -0.196. The Morgan fingerprint density at radius 2 is 1.86 bits per heavy atom. The predicted molar refractivity (Wildman–Crippen MR) is 106 cm³/mol. The third kappa shape index (κ3) is 8.05. The second-order valence-electron chi connectivity index (χ2n) is 8.11. The van der Waals surface area contributed by atoms with E-state index in [4.69, 9.17) is 14.2 Å². The van der Waals surface area contributed by atoms with E-state index in [1.54, 1.807) is 0 Å². The van der Waals surface area contributed by atoms with E-state index >= 15 is 0 Å². The Morgan fingerprint density at radius 1 is 1.07 bits per heavy atom. The summed E-state index contributed by atoms with van der Waals surface area (Å²) in [4.78, 5) is 34.1. The van der Waals surface area contributed by atoms with Gasteiger partial charge in [-0.1, -0.05) is 19.3 Å². The predicted octanol–water partition coefficient (Wildman–Crippen LogP) is 3.57. The number of hydrogen-bond donors (Lipinski definition) is 0. The smallest absolute Gasteiger partial charge is 0.305 e. The fourth-order valence-corrected chi connectivity index (χ4v) is 4.59. The van der Waals surface area contributed by atoms with Crippen LogP contribution in [-0.4, -0.2) is 50.4 Å². The van der Waals surface area contributed by atoms with E-state index in [0.717, 1.165) is 57.7 Å². The molecule has 0 amide bonds. The standard InChI is InChI=1S/C22H36O7/c1-16(24)28-19-15-20(29-22-11-7-8-14-27-22)18(12-13-23)17(19)9-5-3-4-6-10-21(25)26-2/h13,17-20,22H,3-12,14-15H2,1-2H3/t17-,18-,19+,20-,22?/m1/s1. The lowest BCUT2D eigenvalue weighted by atomic mass is 9.86. The minimum Gasteiger partial charge on any atom is -0.469 e. The van der Waals surface area contributed by atoms with E-state index in [1.807, 2.05) is 0 Å². The van der Waals surface area contributed by atoms with E-state index in [0.29, 0.717) is 25.9 Å². The van der Waals surface area contributed by atoms with Gasteiger partial charge in [-0.15, -0.1) is 0 Å². The van der Waals surface area contributed by atoms with E-state index in [-0.39, 0.29) is 42.3 Å². The van der Waals surface area contributed by atoms with Crippen molar-refractivity contribution in [3.05, 3.63) is 0 Å².